The Morgan fingerprint density at radius 2 is 2.00 bits per heavy atom. The van der Waals surface area contributed by atoms with E-state index in [9.17, 15) is 13.2 Å². The highest BCUT2D eigenvalue weighted by Gasteiger charge is 2.33. The van der Waals surface area contributed by atoms with Crippen LogP contribution < -0.4 is 5.32 Å². The first-order chi connectivity index (χ1) is 6.45. The molecule has 0 aliphatic carbocycles. The van der Waals surface area contributed by atoms with E-state index < -0.39 is 17.5 Å². The van der Waals surface area contributed by atoms with E-state index in [0.29, 0.717) is 12.1 Å². The molecule has 0 saturated heterocycles. The van der Waals surface area contributed by atoms with Crippen LogP contribution in [-0.4, -0.2) is 12.2 Å². The quantitative estimate of drug-likeness (QED) is 0.775. The third kappa shape index (κ3) is 2.38. The summed E-state index contributed by atoms with van der Waals surface area (Å²) in [5.74, 6) is -0.731. The number of halogens is 3. The molecule has 78 valence electrons. The SMILES string of the molecule is CNCc1ccc(C(F)(F)F)c(O)c1. The summed E-state index contributed by atoms with van der Waals surface area (Å²) in [5, 5.41) is 11.9. The Hall–Kier alpha value is -1.23. The molecule has 0 fully saturated rings. The highest BCUT2D eigenvalue weighted by molar-refractivity contribution is 5.38. The molecule has 0 aromatic heterocycles. The van der Waals surface area contributed by atoms with Crippen LogP contribution in [0.1, 0.15) is 11.1 Å². The van der Waals surface area contributed by atoms with E-state index in [1.807, 2.05) is 0 Å². The molecule has 0 aliphatic heterocycles. The maximum absolute atomic E-state index is 12.2. The van der Waals surface area contributed by atoms with E-state index in [4.69, 9.17) is 5.11 Å². The van der Waals surface area contributed by atoms with Crippen molar-refractivity contribution in [3.05, 3.63) is 29.3 Å². The molecule has 5 heteroatoms. The number of phenolic OH excluding ortho intramolecular Hbond substituents is 1. The highest BCUT2D eigenvalue weighted by Crippen LogP contribution is 2.35. The molecule has 1 rings (SSSR count). The first-order valence-corrected chi connectivity index (χ1v) is 3.99. The zero-order chi connectivity index (χ0) is 10.8. The number of hydrogen-bond acceptors (Lipinski definition) is 2. The summed E-state index contributed by atoms with van der Waals surface area (Å²) in [6.45, 7) is 0.422. The molecule has 0 unspecified atom stereocenters. The smallest absolute Gasteiger partial charge is 0.419 e. The first kappa shape index (κ1) is 10.8. The largest absolute Gasteiger partial charge is 0.507 e. The second-order valence-electron chi connectivity index (χ2n) is 2.88. The molecule has 0 saturated carbocycles. The molecule has 0 radical (unpaired) electrons. The summed E-state index contributed by atoms with van der Waals surface area (Å²) in [4.78, 5) is 0. The van der Waals surface area contributed by atoms with Gasteiger partial charge in [0.25, 0.3) is 0 Å². The summed E-state index contributed by atoms with van der Waals surface area (Å²) < 4.78 is 36.6. The van der Waals surface area contributed by atoms with Crippen molar-refractivity contribution in [1.29, 1.82) is 0 Å². The van der Waals surface area contributed by atoms with Crippen molar-refractivity contribution in [1.82, 2.24) is 5.32 Å². The summed E-state index contributed by atoms with van der Waals surface area (Å²) in [7, 11) is 1.68. The Bertz CT molecular complexity index is 322. The lowest BCUT2D eigenvalue weighted by molar-refractivity contribution is -0.138. The molecular formula is C9H10F3NO. The molecule has 0 atom stereocenters. The zero-order valence-electron chi connectivity index (χ0n) is 7.52. The molecule has 0 heterocycles. The van der Waals surface area contributed by atoms with Crippen molar-refractivity contribution < 1.29 is 18.3 Å². The maximum atomic E-state index is 12.2. The van der Waals surface area contributed by atoms with Crippen molar-refractivity contribution >= 4 is 0 Å². The second kappa shape index (κ2) is 3.88. The summed E-state index contributed by atoms with van der Waals surface area (Å²) >= 11 is 0. The number of phenols is 1. The molecule has 0 bridgehead atoms. The predicted molar refractivity (Wildman–Crippen MR) is 45.9 cm³/mol. The van der Waals surface area contributed by atoms with E-state index in [-0.39, 0.29) is 0 Å². The Kier molecular flexibility index (Phi) is 3.00. The van der Waals surface area contributed by atoms with Crippen molar-refractivity contribution in [3.63, 3.8) is 0 Å². The lowest BCUT2D eigenvalue weighted by Crippen LogP contribution is -2.08. The summed E-state index contributed by atoms with van der Waals surface area (Å²) in [5.41, 5.74) is -0.393. The third-order valence-corrected chi connectivity index (χ3v) is 1.75. The van der Waals surface area contributed by atoms with Gasteiger partial charge >= 0.3 is 6.18 Å². The van der Waals surface area contributed by atoms with Crippen molar-refractivity contribution in [2.45, 2.75) is 12.7 Å². The van der Waals surface area contributed by atoms with Gasteiger partial charge in [-0.05, 0) is 24.7 Å². The molecule has 0 aliphatic rings. The van der Waals surface area contributed by atoms with E-state index >= 15 is 0 Å². The Morgan fingerprint density at radius 1 is 1.36 bits per heavy atom. The van der Waals surface area contributed by atoms with Gasteiger partial charge in [-0.1, -0.05) is 6.07 Å². The van der Waals surface area contributed by atoms with Crippen molar-refractivity contribution in [2.24, 2.45) is 0 Å². The standard InChI is InChI=1S/C9H10F3NO/c1-13-5-6-2-3-7(8(14)4-6)9(10,11)12/h2-4,13-14H,5H2,1H3. The average Bonchev–Trinajstić information content (AvgIpc) is 2.02. The van der Waals surface area contributed by atoms with Gasteiger partial charge in [-0.3, -0.25) is 0 Å². The lowest BCUT2D eigenvalue weighted by atomic mass is 10.1. The molecular weight excluding hydrogens is 195 g/mol. The van der Waals surface area contributed by atoms with E-state index in [2.05, 4.69) is 5.32 Å². The van der Waals surface area contributed by atoms with E-state index in [1.54, 1.807) is 7.05 Å². The van der Waals surface area contributed by atoms with Gasteiger partial charge in [-0.15, -0.1) is 0 Å². The van der Waals surface area contributed by atoms with Crippen LogP contribution in [-0.2, 0) is 12.7 Å². The van der Waals surface area contributed by atoms with E-state index in [0.717, 1.165) is 12.1 Å². The first-order valence-electron chi connectivity index (χ1n) is 3.99. The number of alkyl halides is 3. The minimum atomic E-state index is -4.50. The van der Waals surface area contributed by atoms with Crippen LogP contribution in [0.25, 0.3) is 0 Å². The second-order valence-corrected chi connectivity index (χ2v) is 2.88. The van der Waals surface area contributed by atoms with Gasteiger partial charge in [0.1, 0.15) is 5.75 Å². The van der Waals surface area contributed by atoms with Gasteiger partial charge < -0.3 is 10.4 Å². The van der Waals surface area contributed by atoms with Gasteiger partial charge in [0, 0.05) is 6.54 Å². The number of aromatic hydroxyl groups is 1. The fraction of sp³-hybridized carbons (Fsp3) is 0.333. The van der Waals surface area contributed by atoms with Crippen LogP contribution >= 0.6 is 0 Å². The monoisotopic (exact) mass is 205 g/mol. The molecule has 2 nitrogen and oxygen atoms in total. The number of benzene rings is 1. The van der Waals surface area contributed by atoms with Crippen molar-refractivity contribution in [3.8, 4) is 5.75 Å². The lowest BCUT2D eigenvalue weighted by Gasteiger charge is -2.09. The van der Waals surface area contributed by atoms with Gasteiger partial charge in [0.15, 0.2) is 0 Å². The van der Waals surface area contributed by atoms with Crippen LogP contribution in [0.2, 0.25) is 0 Å². The van der Waals surface area contributed by atoms with Gasteiger partial charge in [-0.2, -0.15) is 13.2 Å². The van der Waals surface area contributed by atoms with Gasteiger partial charge in [0.05, 0.1) is 5.56 Å². The minimum absolute atomic E-state index is 0.422. The summed E-state index contributed by atoms with van der Waals surface area (Å²) in [6.07, 6.45) is -4.50. The highest BCUT2D eigenvalue weighted by atomic mass is 19.4. The van der Waals surface area contributed by atoms with Crippen LogP contribution in [0.4, 0.5) is 13.2 Å². The van der Waals surface area contributed by atoms with Gasteiger partial charge in [-0.25, -0.2) is 0 Å². The Morgan fingerprint density at radius 3 is 2.43 bits per heavy atom. The number of nitrogens with one attached hydrogen (secondary N) is 1. The van der Waals surface area contributed by atoms with Crippen LogP contribution in [0.5, 0.6) is 5.75 Å². The third-order valence-electron chi connectivity index (χ3n) is 1.75. The van der Waals surface area contributed by atoms with Crippen LogP contribution in [0, 0.1) is 0 Å². The van der Waals surface area contributed by atoms with Gasteiger partial charge in [0.2, 0.25) is 0 Å². The maximum Gasteiger partial charge on any atom is 0.419 e. The summed E-state index contributed by atoms with van der Waals surface area (Å²) in [6, 6.07) is 3.32. The fourth-order valence-electron chi connectivity index (χ4n) is 1.13. The molecule has 14 heavy (non-hydrogen) atoms. The zero-order valence-corrected chi connectivity index (χ0v) is 7.52. The Balaban J connectivity index is 3.02. The van der Waals surface area contributed by atoms with E-state index in [1.165, 1.54) is 6.07 Å². The molecule has 1 aromatic rings. The molecule has 1 aromatic carbocycles. The average molecular weight is 205 g/mol. The number of rotatable bonds is 2. The fourth-order valence-corrected chi connectivity index (χ4v) is 1.13. The normalized spacial score (nSPS) is 11.7. The predicted octanol–water partition coefficient (Wildman–Crippen LogP) is 2.13. The van der Waals surface area contributed by atoms with Crippen LogP contribution in [0.15, 0.2) is 18.2 Å². The molecule has 0 amide bonds. The molecule has 2 N–H and O–H groups in total. The van der Waals surface area contributed by atoms with Crippen LogP contribution in [0.3, 0.4) is 0 Å². The topological polar surface area (TPSA) is 32.3 Å². The molecule has 0 spiro atoms. The van der Waals surface area contributed by atoms with Crippen molar-refractivity contribution in [2.75, 3.05) is 7.05 Å². The Labute approximate surface area is 79.4 Å². The minimum Gasteiger partial charge on any atom is -0.507 e. The number of hydrogen-bond donors (Lipinski definition) is 2.